The fourth-order valence-electron chi connectivity index (χ4n) is 1.60. The van der Waals surface area contributed by atoms with Gasteiger partial charge in [-0.05, 0) is 24.1 Å². The number of hydrogen-bond donors (Lipinski definition) is 1. The number of hydrogen-bond acceptors (Lipinski definition) is 2. The molecule has 0 aliphatic heterocycles. The van der Waals surface area contributed by atoms with Gasteiger partial charge in [-0.25, -0.2) is 0 Å². The zero-order valence-corrected chi connectivity index (χ0v) is 9.18. The summed E-state index contributed by atoms with van der Waals surface area (Å²) in [4.78, 5) is 3.50. The Hall–Kier alpha value is -1.31. The van der Waals surface area contributed by atoms with E-state index < -0.39 is 24.3 Å². The van der Waals surface area contributed by atoms with E-state index in [4.69, 9.17) is 5.73 Å². The molecule has 0 amide bonds. The maximum Gasteiger partial charge on any atom is 0.402 e. The van der Waals surface area contributed by atoms with E-state index in [0.29, 0.717) is 0 Å². The Labute approximate surface area is 98.8 Å². The van der Waals surface area contributed by atoms with Crippen LogP contribution >= 0.6 is 0 Å². The molecular weight excluding hydrogens is 262 g/mol. The van der Waals surface area contributed by atoms with Gasteiger partial charge in [0.25, 0.3) is 0 Å². The molecule has 1 aromatic heterocycles. The van der Waals surface area contributed by atoms with E-state index in [1.54, 1.807) is 0 Å². The third-order valence-electron chi connectivity index (χ3n) is 2.50. The van der Waals surface area contributed by atoms with Crippen LogP contribution < -0.4 is 5.73 Å². The summed E-state index contributed by atoms with van der Waals surface area (Å²) >= 11 is 0. The molecule has 2 N–H and O–H groups in total. The van der Waals surface area contributed by atoms with Crippen LogP contribution in [-0.2, 0) is 0 Å². The molecule has 0 radical (unpaired) electrons. The first-order valence-corrected chi connectivity index (χ1v) is 4.84. The summed E-state index contributed by atoms with van der Waals surface area (Å²) in [6, 6.07) is -0.919. The molecule has 0 aliphatic carbocycles. The maximum atomic E-state index is 12.5. The topological polar surface area (TPSA) is 38.9 Å². The van der Waals surface area contributed by atoms with E-state index in [9.17, 15) is 26.3 Å². The summed E-state index contributed by atoms with van der Waals surface area (Å²) in [6.07, 6.45) is -8.73. The molecule has 0 saturated heterocycles. The van der Waals surface area contributed by atoms with Crippen molar-refractivity contribution in [2.45, 2.75) is 25.3 Å². The molecule has 0 saturated carbocycles. The zero-order valence-electron chi connectivity index (χ0n) is 9.18. The maximum absolute atomic E-state index is 12.5. The van der Waals surface area contributed by atoms with Crippen molar-refractivity contribution in [2.24, 2.45) is 11.7 Å². The minimum atomic E-state index is -5.46. The lowest BCUT2D eigenvalue weighted by Gasteiger charge is -2.28. The van der Waals surface area contributed by atoms with Crippen molar-refractivity contribution in [2.75, 3.05) is 0 Å². The van der Waals surface area contributed by atoms with Crippen LogP contribution in [0.15, 0.2) is 18.5 Å². The molecule has 102 valence electrons. The Morgan fingerprint density at radius 2 is 1.61 bits per heavy atom. The quantitative estimate of drug-likeness (QED) is 0.840. The summed E-state index contributed by atoms with van der Waals surface area (Å²) in [6.45, 7) is 1.38. The monoisotopic (exact) mass is 272 g/mol. The Morgan fingerprint density at radius 1 is 1.11 bits per heavy atom. The van der Waals surface area contributed by atoms with Gasteiger partial charge in [0, 0.05) is 12.4 Å². The van der Waals surface area contributed by atoms with Crippen molar-refractivity contribution in [1.82, 2.24) is 4.98 Å². The van der Waals surface area contributed by atoms with Crippen LogP contribution in [0, 0.1) is 12.8 Å². The molecule has 0 aliphatic rings. The summed E-state index contributed by atoms with van der Waals surface area (Å²) in [7, 11) is 0. The molecule has 1 aromatic rings. The second-order valence-corrected chi connectivity index (χ2v) is 3.82. The van der Waals surface area contributed by atoms with Crippen molar-refractivity contribution < 1.29 is 26.3 Å². The van der Waals surface area contributed by atoms with Crippen LogP contribution in [0.3, 0.4) is 0 Å². The van der Waals surface area contributed by atoms with E-state index in [0.717, 1.165) is 6.20 Å². The minimum Gasteiger partial charge on any atom is -0.323 e. The van der Waals surface area contributed by atoms with Gasteiger partial charge in [0.15, 0.2) is 5.92 Å². The number of nitrogens with zero attached hydrogens (tertiary/aromatic N) is 1. The van der Waals surface area contributed by atoms with Crippen LogP contribution in [0.25, 0.3) is 0 Å². The van der Waals surface area contributed by atoms with Crippen LogP contribution in [0.4, 0.5) is 26.3 Å². The molecule has 0 spiro atoms. The first kappa shape index (κ1) is 14.7. The van der Waals surface area contributed by atoms with Crippen LogP contribution in [-0.4, -0.2) is 17.3 Å². The van der Waals surface area contributed by atoms with Gasteiger partial charge in [-0.15, -0.1) is 0 Å². The lowest BCUT2D eigenvalue weighted by atomic mass is 9.91. The zero-order chi connectivity index (χ0) is 14.1. The van der Waals surface area contributed by atoms with E-state index in [-0.39, 0.29) is 11.1 Å². The predicted molar refractivity (Wildman–Crippen MR) is 51.5 cm³/mol. The first-order valence-electron chi connectivity index (χ1n) is 4.84. The van der Waals surface area contributed by atoms with Crippen molar-refractivity contribution in [1.29, 1.82) is 0 Å². The van der Waals surface area contributed by atoms with Crippen molar-refractivity contribution in [3.8, 4) is 0 Å². The lowest BCUT2D eigenvalue weighted by Crippen LogP contribution is -2.44. The summed E-state index contributed by atoms with van der Waals surface area (Å²) in [5.41, 5.74) is 5.10. The summed E-state index contributed by atoms with van der Waals surface area (Å²) in [5, 5.41) is 0. The van der Waals surface area contributed by atoms with Crippen LogP contribution in [0.2, 0.25) is 0 Å². The number of halogens is 6. The van der Waals surface area contributed by atoms with E-state index in [1.807, 2.05) is 0 Å². The highest BCUT2D eigenvalue weighted by atomic mass is 19.4. The normalized spacial score (nSPS) is 14.9. The van der Waals surface area contributed by atoms with Gasteiger partial charge in [0.05, 0.1) is 6.04 Å². The molecule has 0 aromatic carbocycles. The Balaban J connectivity index is 3.20. The highest BCUT2D eigenvalue weighted by Gasteiger charge is 2.59. The Morgan fingerprint density at radius 3 is 2.00 bits per heavy atom. The molecule has 8 heteroatoms. The smallest absolute Gasteiger partial charge is 0.323 e. The second kappa shape index (κ2) is 4.75. The summed E-state index contributed by atoms with van der Waals surface area (Å²) in [5.74, 6) is -3.60. The third-order valence-corrected chi connectivity index (χ3v) is 2.50. The SMILES string of the molecule is Cc1ccncc1C(N)C(C(F)(F)F)C(F)(F)F. The molecular formula is C10H10F6N2. The molecule has 0 fully saturated rings. The standard InChI is InChI=1S/C10H10F6N2/c1-5-2-3-18-4-6(5)7(17)8(9(11,12)13)10(14,15)16/h2-4,7-8H,17H2,1H3. The number of alkyl halides is 6. The molecule has 2 nitrogen and oxygen atoms in total. The molecule has 1 heterocycles. The first-order chi connectivity index (χ1) is 8.05. The number of aromatic nitrogens is 1. The number of aryl methyl sites for hydroxylation is 1. The van der Waals surface area contributed by atoms with E-state index in [2.05, 4.69) is 4.98 Å². The highest BCUT2D eigenvalue weighted by Crippen LogP contribution is 2.45. The van der Waals surface area contributed by atoms with Crippen molar-refractivity contribution >= 4 is 0 Å². The van der Waals surface area contributed by atoms with Gasteiger partial charge in [-0.3, -0.25) is 4.98 Å². The Kier molecular flexibility index (Phi) is 3.89. The van der Waals surface area contributed by atoms with Crippen LogP contribution in [0.1, 0.15) is 17.2 Å². The average molecular weight is 272 g/mol. The highest BCUT2D eigenvalue weighted by molar-refractivity contribution is 5.26. The van der Waals surface area contributed by atoms with Gasteiger partial charge in [-0.1, -0.05) is 0 Å². The van der Waals surface area contributed by atoms with Crippen molar-refractivity contribution in [3.05, 3.63) is 29.6 Å². The van der Waals surface area contributed by atoms with Gasteiger partial charge in [0.1, 0.15) is 0 Å². The van der Waals surface area contributed by atoms with Crippen LogP contribution in [0.5, 0.6) is 0 Å². The fraction of sp³-hybridized carbons (Fsp3) is 0.500. The number of pyridine rings is 1. The van der Waals surface area contributed by atoms with Gasteiger partial charge < -0.3 is 5.73 Å². The third kappa shape index (κ3) is 3.12. The lowest BCUT2D eigenvalue weighted by molar-refractivity contribution is -0.290. The fourth-order valence-corrected chi connectivity index (χ4v) is 1.60. The molecule has 1 unspecified atom stereocenters. The summed E-state index contributed by atoms with van der Waals surface area (Å²) < 4.78 is 74.8. The molecule has 1 atom stereocenters. The predicted octanol–water partition coefficient (Wildman–Crippen LogP) is 3.13. The van der Waals surface area contributed by atoms with E-state index >= 15 is 0 Å². The largest absolute Gasteiger partial charge is 0.402 e. The van der Waals surface area contributed by atoms with Crippen molar-refractivity contribution in [3.63, 3.8) is 0 Å². The Bertz CT molecular complexity index is 398. The van der Waals surface area contributed by atoms with Gasteiger partial charge in [0.2, 0.25) is 0 Å². The van der Waals surface area contributed by atoms with Gasteiger partial charge in [-0.2, -0.15) is 26.3 Å². The number of nitrogens with two attached hydrogens (primary N) is 1. The van der Waals surface area contributed by atoms with Gasteiger partial charge >= 0.3 is 12.4 Å². The minimum absolute atomic E-state index is 0.232. The molecule has 0 bridgehead atoms. The molecule has 1 rings (SSSR count). The van der Waals surface area contributed by atoms with E-state index in [1.165, 1.54) is 19.2 Å². The average Bonchev–Trinajstić information content (AvgIpc) is 2.13. The number of rotatable bonds is 2. The second-order valence-electron chi connectivity index (χ2n) is 3.82. The molecule has 18 heavy (non-hydrogen) atoms.